The van der Waals surface area contributed by atoms with E-state index in [9.17, 15) is 8.42 Å². The minimum Gasteiger partial charge on any atom is -0.496 e. The molecule has 2 atom stereocenters. The molecule has 9 heteroatoms. The van der Waals surface area contributed by atoms with Crippen LogP contribution in [0.2, 0.25) is 0 Å². The second kappa shape index (κ2) is 8.53. The van der Waals surface area contributed by atoms with Gasteiger partial charge in [0.2, 0.25) is 10.0 Å². The highest BCUT2D eigenvalue weighted by Gasteiger charge is 2.32. The number of nitrogens with two attached hydrogens (primary N) is 1. The normalized spacial score (nSPS) is 20.9. The monoisotopic (exact) mass is 428 g/mol. The fourth-order valence-electron chi connectivity index (χ4n) is 2.78. The number of hydrogen-bond acceptors (Lipinski definition) is 5. The van der Waals surface area contributed by atoms with Gasteiger partial charge in [0.1, 0.15) is 16.4 Å². The maximum atomic E-state index is 12.7. The van der Waals surface area contributed by atoms with Crippen LogP contribution in [-0.2, 0) is 10.0 Å². The number of ether oxygens (including phenoxy) is 2. The van der Waals surface area contributed by atoms with Gasteiger partial charge in [-0.3, -0.25) is 0 Å². The Morgan fingerprint density at radius 2 is 1.91 bits per heavy atom. The van der Waals surface area contributed by atoms with Crippen molar-refractivity contribution in [2.24, 2.45) is 11.7 Å². The first-order valence-electron chi connectivity index (χ1n) is 7.07. The minimum atomic E-state index is -3.71. The van der Waals surface area contributed by atoms with Gasteiger partial charge in [0.15, 0.2) is 0 Å². The molecular weight excluding hydrogens is 408 g/mol. The van der Waals surface area contributed by atoms with Gasteiger partial charge in [-0.1, -0.05) is 6.42 Å². The van der Waals surface area contributed by atoms with Crippen LogP contribution in [0, 0.1) is 5.92 Å². The first-order chi connectivity index (χ1) is 10.4. The van der Waals surface area contributed by atoms with Crippen molar-refractivity contribution in [1.29, 1.82) is 0 Å². The summed E-state index contributed by atoms with van der Waals surface area (Å²) in [5, 5.41) is 0. The van der Waals surface area contributed by atoms with E-state index in [-0.39, 0.29) is 35.0 Å². The minimum absolute atomic E-state index is 0. The molecule has 0 spiro atoms. The zero-order valence-corrected chi connectivity index (χ0v) is 16.3. The van der Waals surface area contributed by atoms with Crippen LogP contribution < -0.4 is 19.9 Å². The standard InChI is InChI=1S/C14H21BrN2O4S.ClH/c1-20-12-7-14(13(21-2)6-10(12)15)22(18,19)17-11-5-3-4-9(11)8-16;/h6-7,9,11,17H,3-5,8,16H2,1-2H3;1H. The van der Waals surface area contributed by atoms with E-state index < -0.39 is 10.0 Å². The van der Waals surface area contributed by atoms with Gasteiger partial charge >= 0.3 is 0 Å². The molecule has 0 heterocycles. The van der Waals surface area contributed by atoms with E-state index in [4.69, 9.17) is 15.2 Å². The highest BCUT2D eigenvalue weighted by Crippen LogP contribution is 2.36. The molecule has 1 aromatic carbocycles. The van der Waals surface area contributed by atoms with E-state index in [0.29, 0.717) is 16.8 Å². The number of hydrogen-bond donors (Lipinski definition) is 2. The molecule has 1 aliphatic carbocycles. The van der Waals surface area contributed by atoms with E-state index in [0.717, 1.165) is 19.3 Å². The quantitative estimate of drug-likeness (QED) is 0.724. The summed E-state index contributed by atoms with van der Waals surface area (Å²) in [5.74, 6) is 0.878. The highest BCUT2D eigenvalue weighted by atomic mass is 79.9. The van der Waals surface area contributed by atoms with Gasteiger partial charge < -0.3 is 15.2 Å². The molecule has 1 fully saturated rings. The SMILES string of the molecule is COc1cc(S(=O)(=O)NC2CCCC2CN)c(OC)cc1Br.Cl. The fraction of sp³-hybridized carbons (Fsp3) is 0.571. The Hall–Kier alpha value is -0.540. The van der Waals surface area contributed by atoms with Gasteiger partial charge in [0.25, 0.3) is 0 Å². The molecule has 1 saturated carbocycles. The summed E-state index contributed by atoms with van der Waals surface area (Å²) in [6.45, 7) is 0.480. The first kappa shape index (κ1) is 20.5. The molecule has 0 amide bonds. The molecule has 132 valence electrons. The Balaban J connectivity index is 0.00000264. The lowest BCUT2D eigenvalue weighted by Gasteiger charge is -2.20. The molecule has 3 N–H and O–H groups in total. The Morgan fingerprint density at radius 1 is 1.26 bits per heavy atom. The summed E-state index contributed by atoms with van der Waals surface area (Å²) in [6, 6.07) is 2.91. The van der Waals surface area contributed by atoms with E-state index >= 15 is 0 Å². The Labute approximate surface area is 151 Å². The second-order valence-corrected chi connectivity index (χ2v) is 7.83. The van der Waals surface area contributed by atoms with Crippen molar-refractivity contribution in [3.63, 3.8) is 0 Å². The van der Waals surface area contributed by atoms with Gasteiger partial charge in [-0.15, -0.1) is 12.4 Å². The van der Waals surface area contributed by atoms with Crippen molar-refractivity contribution < 1.29 is 17.9 Å². The van der Waals surface area contributed by atoms with Crippen molar-refractivity contribution >= 4 is 38.4 Å². The molecule has 0 aromatic heterocycles. The largest absolute Gasteiger partial charge is 0.496 e. The Kier molecular flexibility index (Phi) is 7.60. The van der Waals surface area contributed by atoms with Crippen LogP contribution in [-0.4, -0.2) is 35.2 Å². The van der Waals surface area contributed by atoms with Crippen LogP contribution in [0.5, 0.6) is 11.5 Å². The third-order valence-corrected chi connectivity index (χ3v) is 6.13. The third-order valence-electron chi connectivity index (χ3n) is 4.00. The summed E-state index contributed by atoms with van der Waals surface area (Å²) in [5.41, 5.74) is 5.72. The fourth-order valence-corrected chi connectivity index (χ4v) is 4.77. The smallest absolute Gasteiger partial charge is 0.244 e. The van der Waals surface area contributed by atoms with Gasteiger partial charge in [0, 0.05) is 12.1 Å². The summed E-state index contributed by atoms with van der Waals surface area (Å²) in [6.07, 6.45) is 2.73. The maximum Gasteiger partial charge on any atom is 0.244 e. The van der Waals surface area contributed by atoms with Crippen molar-refractivity contribution in [3.8, 4) is 11.5 Å². The van der Waals surface area contributed by atoms with Crippen LogP contribution in [0.3, 0.4) is 0 Å². The lowest BCUT2D eigenvalue weighted by Crippen LogP contribution is -2.39. The molecule has 1 aromatic rings. The van der Waals surface area contributed by atoms with E-state index in [1.165, 1.54) is 20.3 Å². The van der Waals surface area contributed by atoms with Gasteiger partial charge in [-0.25, -0.2) is 13.1 Å². The van der Waals surface area contributed by atoms with Gasteiger partial charge in [0.05, 0.1) is 18.7 Å². The second-order valence-electron chi connectivity index (χ2n) is 5.29. The molecule has 0 bridgehead atoms. The predicted octanol–water partition coefficient (Wildman–Crippen LogP) is 2.29. The zero-order chi connectivity index (χ0) is 16.3. The zero-order valence-electron chi connectivity index (χ0n) is 13.0. The lowest BCUT2D eigenvalue weighted by atomic mass is 10.1. The van der Waals surface area contributed by atoms with E-state index in [2.05, 4.69) is 20.7 Å². The van der Waals surface area contributed by atoms with Crippen LogP contribution in [0.25, 0.3) is 0 Å². The van der Waals surface area contributed by atoms with Gasteiger partial charge in [-0.2, -0.15) is 0 Å². The van der Waals surface area contributed by atoms with Crippen molar-refractivity contribution in [1.82, 2.24) is 4.72 Å². The number of rotatable bonds is 6. The van der Waals surface area contributed by atoms with E-state index in [1.807, 2.05) is 0 Å². The number of methoxy groups -OCH3 is 2. The summed E-state index contributed by atoms with van der Waals surface area (Å²) in [7, 11) is -0.790. The number of benzene rings is 1. The number of halogens is 2. The molecule has 23 heavy (non-hydrogen) atoms. The summed E-state index contributed by atoms with van der Waals surface area (Å²) in [4.78, 5) is 0.0673. The average Bonchev–Trinajstić information content (AvgIpc) is 2.92. The van der Waals surface area contributed by atoms with Crippen LogP contribution >= 0.6 is 28.3 Å². The maximum absolute atomic E-state index is 12.7. The number of nitrogens with one attached hydrogen (secondary N) is 1. The molecular formula is C14H22BrClN2O4S. The predicted molar refractivity (Wildman–Crippen MR) is 95.0 cm³/mol. The molecule has 0 aliphatic heterocycles. The topological polar surface area (TPSA) is 90.7 Å². The molecule has 6 nitrogen and oxygen atoms in total. The third kappa shape index (κ3) is 4.51. The first-order valence-corrected chi connectivity index (χ1v) is 9.34. The van der Waals surface area contributed by atoms with Crippen LogP contribution in [0.15, 0.2) is 21.5 Å². The average molecular weight is 430 g/mol. The van der Waals surface area contributed by atoms with Crippen LogP contribution in [0.4, 0.5) is 0 Å². The Morgan fingerprint density at radius 3 is 2.48 bits per heavy atom. The summed E-state index contributed by atoms with van der Waals surface area (Å²) < 4.78 is 39.2. The number of sulfonamides is 1. The molecule has 0 radical (unpaired) electrons. The highest BCUT2D eigenvalue weighted by molar-refractivity contribution is 9.10. The van der Waals surface area contributed by atoms with Crippen LogP contribution in [0.1, 0.15) is 19.3 Å². The van der Waals surface area contributed by atoms with Crippen molar-refractivity contribution in [2.45, 2.75) is 30.2 Å². The lowest BCUT2D eigenvalue weighted by molar-refractivity contribution is 0.389. The summed E-state index contributed by atoms with van der Waals surface area (Å²) >= 11 is 3.32. The molecule has 2 rings (SSSR count). The van der Waals surface area contributed by atoms with Crippen molar-refractivity contribution in [3.05, 3.63) is 16.6 Å². The molecule has 0 saturated heterocycles. The Bertz CT molecular complexity index is 642. The molecule has 1 aliphatic rings. The van der Waals surface area contributed by atoms with Crippen molar-refractivity contribution in [2.75, 3.05) is 20.8 Å². The van der Waals surface area contributed by atoms with Gasteiger partial charge in [-0.05, 0) is 47.3 Å². The van der Waals surface area contributed by atoms with E-state index in [1.54, 1.807) is 6.07 Å². The molecule has 2 unspecified atom stereocenters.